The second-order valence-corrected chi connectivity index (χ2v) is 3.98. The van der Waals surface area contributed by atoms with E-state index in [-0.39, 0.29) is 6.04 Å². The van der Waals surface area contributed by atoms with Crippen molar-refractivity contribution >= 4 is 5.69 Å². The molecule has 0 aliphatic rings. The monoisotopic (exact) mass is 216 g/mol. The van der Waals surface area contributed by atoms with Gasteiger partial charge in [-0.25, -0.2) is 0 Å². The Kier molecular flexibility index (Phi) is 2.97. The van der Waals surface area contributed by atoms with E-state index in [1.807, 2.05) is 38.4 Å². The molecule has 2 aromatic rings. The fraction of sp³-hybridized carbons (Fsp3) is 0.231. The van der Waals surface area contributed by atoms with Gasteiger partial charge in [-0.15, -0.1) is 0 Å². The van der Waals surface area contributed by atoms with Crippen molar-refractivity contribution in [3.8, 4) is 0 Å². The molecule has 16 heavy (non-hydrogen) atoms. The number of anilines is 1. The van der Waals surface area contributed by atoms with E-state index in [9.17, 15) is 0 Å². The molecular weight excluding hydrogens is 200 g/mol. The summed E-state index contributed by atoms with van der Waals surface area (Å²) in [5.41, 5.74) is 8.30. The zero-order valence-electron chi connectivity index (χ0n) is 9.55. The molecule has 1 aromatic carbocycles. The lowest BCUT2D eigenvalue weighted by Crippen LogP contribution is -2.12. The summed E-state index contributed by atoms with van der Waals surface area (Å²) in [4.78, 5) is 2.06. The minimum Gasteiger partial charge on any atom is -0.467 e. The van der Waals surface area contributed by atoms with Crippen LogP contribution in [0.3, 0.4) is 0 Å². The molecule has 1 atom stereocenters. The van der Waals surface area contributed by atoms with Crippen molar-refractivity contribution < 1.29 is 4.42 Å². The number of furan rings is 1. The molecule has 0 bridgehead atoms. The van der Waals surface area contributed by atoms with Gasteiger partial charge in [0.05, 0.1) is 12.3 Å². The number of benzene rings is 1. The van der Waals surface area contributed by atoms with Crippen molar-refractivity contribution in [2.45, 2.75) is 6.04 Å². The maximum atomic E-state index is 6.08. The van der Waals surface area contributed by atoms with Crippen LogP contribution < -0.4 is 10.6 Å². The Morgan fingerprint density at radius 2 is 1.81 bits per heavy atom. The van der Waals surface area contributed by atoms with E-state index in [2.05, 4.69) is 17.0 Å². The number of nitrogens with two attached hydrogens (primary N) is 1. The molecule has 0 saturated carbocycles. The van der Waals surface area contributed by atoms with Gasteiger partial charge >= 0.3 is 0 Å². The lowest BCUT2D eigenvalue weighted by Gasteiger charge is -2.14. The van der Waals surface area contributed by atoms with Crippen molar-refractivity contribution in [3.63, 3.8) is 0 Å². The van der Waals surface area contributed by atoms with Gasteiger partial charge in [-0.1, -0.05) is 12.1 Å². The average Bonchev–Trinajstić information content (AvgIpc) is 2.81. The highest BCUT2D eigenvalue weighted by Crippen LogP contribution is 2.22. The van der Waals surface area contributed by atoms with Crippen LogP contribution in [0.4, 0.5) is 5.69 Å². The summed E-state index contributed by atoms with van der Waals surface area (Å²) in [5, 5.41) is 0. The van der Waals surface area contributed by atoms with Crippen molar-refractivity contribution in [1.29, 1.82) is 0 Å². The second kappa shape index (κ2) is 4.41. The van der Waals surface area contributed by atoms with Crippen LogP contribution in [0.5, 0.6) is 0 Å². The first-order valence-corrected chi connectivity index (χ1v) is 5.25. The van der Waals surface area contributed by atoms with Gasteiger partial charge in [0.2, 0.25) is 0 Å². The molecule has 0 fully saturated rings. The van der Waals surface area contributed by atoms with Crippen LogP contribution in [0, 0.1) is 0 Å². The topological polar surface area (TPSA) is 42.4 Å². The Labute approximate surface area is 95.5 Å². The molecule has 0 radical (unpaired) electrons. The maximum Gasteiger partial charge on any atom is 0.124 e. The summed E-state index contributed by atoms with van der Waals surface area (Å²) in [6.07, 6.45) is 1.64. The van der Waals surface area contributed by atoms with E-state index in [0.29, 0.717) is 0 Å². The molecule has 2 N–H and O–H groups in total. The minimum absolute atomic E-state index is 0.189. The summed E-state index contributed by atoms with van der Waals surface area (Å²) >= 11 is 0. The molecular formula is C13H16N2O. The van der Waals surface area contributed by atoms with Crippen molar-refractivity contribution in [3.05, 3.63) is 54.0 Å². The van der Waals surface area contributed by atoms with Gasteiger partial charge in [0, 0.05) is 19.8 Å². The molecule has 3 nitrogen and oxygen atoms in total. The lowest BCUT2D eigenvalue weighted by molar-refractivity contribution is 0.490. The quantitative estimate of drug-likeness (QED) is 0.856. The maximum absolute atomic E-state index is 6.08. The zero-order chi connectivity index (χ0) is 11.5. The molecule has 2 rings (SSSR count). The highest BCUT2D eigenvalue weighted by molar-refractivity contribution is 5.47. The predicted molar refractivity (Wildman–Crippen MR) is 65.5 cm³/mol. The van der Waals surface area contributed by atoms with Crippen LogP contribution in [0.25, 0.3) is 0 Å². The standard InChI is InChI=1S/C13H16N2O/c1-15(2)11-7-5-10(6-8-11)13(14)12-4-3-9-16-12/h3-9,13H,14H2,1-2H3. The van der Waals surface area contributed by atoms with E-state index in [0.717, 1.165) is 17.0 Å². The highest BCUT2D eigenvalue weighted by Gasteiger charge is 2.11. The normalized spacial score (nSPS) is 12.4. The number of hydrogen-bond acceptors (Lipinski definition) is 3. The molecule has 0 aliphatic heterocycles. The van der Waals surface area contributed by atoms with Gasteiger partial charge in [0.25, 0.3) is 0 Å². The molecule has 84 valence electrons. The molecule has 1 aromatic heterocycles. The van der Waals surface area contributed by atoms with Crippen LogP contribution in [0.2, 0.25) is 0 Å². The van der Waals surface area contributed by atoms with E-state index >= 15 is 0 Å². The molecule has 1 unspecified atom stereocenters. The smallest absolute Gasteiger partial charge is 0.124 e. The van der Waals surface area contributed by atoms with Crippen molar-refractivity contribution in [1.82, 2.24) is 0 Å². The summed E-state index contributed by atoms with van der Waals surface area (Å²) in [5.74, 6) is 0.789. The molecule has 0 amide bonds. The van der Waals surface area contributed by atoms with Crippen LogP contribution in [-0.4, -0.2) is 14.1 Å². The van der Waals surface area contributed by atoms with Crippen LogP contribution >= 0.6 is 0 Å². The summed E-state index contributed by atoms with van der Waals surface area (Å²) in [6, 6.07) is 11.7. The van der Waals surface area contributed by atoms with Crippen LogP contribution in [-0.2, 0) is 0 Å². The van der Waals surface area contributed by atoms with Crippen molar-refractivity contribution in [2.75, 3.05) is 19.0 Å². The molecule has 3 heteroatoms. The number of hydrogen-bond donors (Lipinski definition) is 1. The number of rotatable bonds is 3. The second-order valence-electron chi connectivity index (χ2n) is 3.98. The van der Waals surface area contributed by atoms with Crippen molar-refractivity contribution in [2.24, 2.45) is 5.73 Å². The molecule has 1 heterocycles. The average molecular weight is 216 g/mol. The largest absolute Gasteiger partial charge is 0.467 e. The first kappa shape index (κ1) is 10.8. The van der Waals surface area contributed by atoms with Gasteiger partial charge in [-0.3, -0.25) is 0 Å². The minimum atomic E-state index is -0.189. The van der Waals surface area contributed by atoms with Gasteiger partial charge in [0.15, 0.2) is 0 Å². The molecule has 0 saturated heterocycles. The highest BCUT2D eigenvalue weighted by atomic mass is 16.3. The summed E-state index contributed by atoms with van der Waals surface area (Å²) in [7, 11) is 4.03. The Morgan fingerprint density at radius 3 is 2.31 bits per heavy atom. The first-order chi connectivity index (χ1) is 7.68. The third-order valence-electron chi connectivity index (χ3n) is 2.62. The first-order valence-electron chi connectivity index (χ1n) is 5.25. The summed E-state index contributed by atoms with van der Waals surface area (Å²) < 4.78 is 5.29. The number of nitrogens with zero attached hydrogens (tertiary/aromatic N) is 1. The van der Waals surface area contributed by atoms with Crippen LogP contribution in [0.15, 0.2) is 47.1 Å². The third-order valence-corrected chi connectivity index (χ3v) is 2.62. The fourth-order valence-corrected chi connectivity index (χ4v) is 1.61. The Morgan fingerprint density at radius 1 is 1.12 bits per heavy atom. The van der Waals surface area contributed by atoms with E-state index in [1.165, 1.54) is 0 Å². The van der Waals surface area contributed by atoms with Gasteiger partial charge in [-0.2, -0.15) is 0 Å². The van der Waals surface area contributed by atoms with E-state index in [4.69, 9.17) is 10.2 Å². The fourth-order valence-electron chi connectivity index (χ4n) is 1.61. The lowest BCUT2D eigenvalue weighted by atomic mass is 10.1. The third kappa shape index (κ3) is 2.09. The van der Waals surface area contributed by atoms with Crippen LogP contribution in [0.1, 0.15) is 17.4 Å². The van der Waals surface area contributed by atoms with E-state index in [1.54, 1.807) is 6.26 Å². The zero-order valence-corrected chi connectivity index (χ0v) is 9.55. The van der Waals surface area contributed by atoms with Gasteiger partial charge in [-0.05, 0) is 29.8 Å². The Balaban J connectivity index is 2.22. The SMILES string of the molecule is CN(C)c1ccc(C(N)c2ccco2)cc1. The predicted octanol–water partition coefficient (Wildman–Crippen LogP) is 2.39. The van der Waals surface area contributed by atoms with Gasteiger partial charge < -0.3 is 15.1 Å². The Bertz CT molecular complexity index is 431. The Hall–Kier alpha value is -1.74. The van der Waals surface area contributed by atoms with Gasteiger partial charge in [0.1, 0.15) is 5.76 Å². The summed E-state index contributed by atoms with van der Waals surface area (Å²) in [6.45, 7) is 0. The molecule has 0 aliphatic carbocycles. The molecule has 0 spiro atoms. The van der Waals surface area contributed by atoms with E-state index < -0.39 is 0 Å².